The predicted molar refractivity (Wildman–Crippen MR) is 72.2 cm³/mol. The molecule has 1 aromatic heterocycles. The van der Waals surface area contributed by atoms with Gasteiger partial charge in [0.2, 0.25) is 0 Å². The van der Waals surface area contributed by atoms with Gasteiger partial charge in [0.1, 0.15) is 11.9 Å². The second-order valence-electron chi connectivity index (χ2n) is 3.61. The van der Waals surface area contributed by atoms with Crippen molar-refractivity contribution < 1.29 is 9.50 Å². The number of hydrogen-bond donors (Lipinski definition) is 1. The van der Waals surface area contributed by atoms with Gasteiger partial charge in [-0.1, -0.05) is 23.7 Å². The average Bonchev–Trinajstić information content (AvgIpc) is 2.61. The van der Waals surface area contributed by atoms with Crippen LogP contribution in [0.5, 0.6) is 0 Å². The summed E-state index contributed by atoms with van der Waals surface area (Å²) in [5.74, 6) is -0.521. The summed E-state index contributed by atoms with van der Waals surface area (Å²) < 4.78 is 14.1. The van der Waals surface area contributed by atoms with Gasteiger partial charge < -0.3 is 5.11 Å². The number of aliphatic hydroxyl groups is 1. The van der Waals surface area contributed by atoms with Gasteiger partial charge in [-0.2, -0.15) is 0 Å². The van der Waals surface area contributed by atoms with Gasteiger partial charge in [0.25, 0.3) is 0 Å². The molecule has 2 aromatic rings. The van der Waals surface area contributed by atoms with Crippen molar-refractivity contribution in [3.05, 3.63) is 54.9 Å². The van der Waals surface area contributed by atoms with E-state index in [-0.39, 0.29) is 5.02 Å². The van der Waals surface area contributed by atoms with Crippen LogP contribution in [-0.4, -0.2) is 5.11 Å². The van der Waals surface area contributed by atoms with Gasteiger partial charge in [-0.05, 0) is 35.0 Å². The van der Waals surface area contributed by atoms with Crippen molar-refractivity contribution in [3.8, 4) is 0 Å². The van der Waals surface area contributed by atoms with Crippen LogP contribution in [0.1, 0.15) is 21.4 Å². The van der Waals surface area contributed by atoms with Crippen molar-refractivity contribution in [1.82, 2.24) is 0 Å². The minimum absolute atomic E-state index is 0.0297. The van der Waals surface area contributed by atoms with E-state index in [2.05, 4.69) is 15.9 Å². The number of benzene rings is 1. The lowest BCUT2D eigenvalue weighted by Gasteiger charge is -2.12. The lowest BCUT2D eigenvalue weighted by atomic mass is 10.1. The fourth-order valence-corrected chi connectivity index (χ4v) is 3.66. The van der Waals surface area contributed by atoms with Gasteiger partial charge >= 0.3 is 0 Å². The summed E-state index contributed by atoms with van der Waals surface area (Å²) in [5, 5.41) is 10.2. The Hall–Kier alpha value is -0.420. The quantitative estimate of drug-likeness (QED) is 0.844. The SMILES string of the molecule is Cc1cc(Br)c(C(O)c2cccc(F)c2Cl)s1. The van der Waals surface area contributed by atoms with Gasteiger partial charge in [0, 0.05) is 14.9 Å². The molecule has 0 aliphatic rings. The summed E-state index contributed by atoms with van der Waals surface area (Å²) in [6.45, 7) is 1.94. The molecule has 1 aromatic carbocycles. The fraction of sp³-hybridized carbons (Fsp3) is 0.167. The van der Waals surface area contributed by atoms with Crippen LogP contribution in [0.25, 0.3) is 0 Å². The maximum Gasteiger partial charge on any atom is 0.142 e. The van der Waals surface area contributed by atoms with Crippen LogP contribution in [0.4, 0.5) is 4.39 Å². The summed E-state index contributed by atoms with van der Waals surface area (Å²) in [4.78, 5) is 1.80. The zero-order valence-corrected chi connectivity index (χ0v) is 12.0. The molecule has 1 atom stereocenters. The molecule has 1 nitrogen and oxygen atoms in total. The van der Waals surface area contributed by atoms with E-state index < -0.39 is 11.9 Å². The first kappa shape index (κ1) is 13.0. The highest BCUT2D eigenvalue weighted by Gasteiger charge is 2.20. The number of halogens is 3. The molecular formula is C12H9BrClFOS. The molecule has 0 spiro atoms. The Kier molecular flexibility index (Phi) is 3.88. The molecule has 0 radical (unpaired) electrons. The molecule has 0 bridgehead atoms. The molecular weight excluding hydrogens is 327 g/mol. The maximum absolute atomic E-state index is 13.3. The Morgan fingerprint density at radius 1 is 1.47 bits per heavy atom. The molecule has 0 saturated carbocycles. The smallest absolute Gasteiger partial charge is 0.142 e. The highest BCUT2D eigenvalue weighted by atomic mass is 79.9. The summed E-state index contributed by atoms with van der Waals surface area (Å²) in [6.07, 6.45) is -0.911. The van der Waals surface area contributed by atoms with Crippen LogP contribution < -0.4 is 0 Å². The number of aliphatic hydroxyl groups excluding tert-OH is 1. The van der Waals surface area contributed by atoms with Gasteiger partial charge in [-0.15, -0.1) is 11.3 Å². The van der Waals surface area contributed by atoms with E-state index in [9.17, 15) is 9.50 Å². The van der Waals surface area contributed by atoms with Crippen LogP contribution in [0.15, 0.2) is 28.7 Å². The van der Waals surface area contributed by atoms with Crippen LogP contribution in [0.2, 0.25) is 5.02 Å². The van der Waals surface area contributed by atoms with E-state index in [1.54, 1.807) is 6.07 Å². The van der Waals surface area contributed by atoms with Crippen LogP contribution in [0, 0.1) is 12.7 Å². The van der Waals surface area contributed by atoms with Gasteiger partial charge in [0.15, 0.2) is 0 Å². The third-order valence-electron chi connectivity index (χ3n) is 2.36. The highest BCUT2D eigenvalue weighted by molar-refractivity contribution is 9.10. The molecule has 0 fully saturated rings. The maximum atomic E-state index is 13.3. The van der Waals surface area contributed by atoms with Crippen molar-refractivity contribution in [3.63, 3.8) is 0 Å². The topological polar surface area (TPSA) is 20.2 Å². The average molecular weight is 336 g/mol. The van der Waals surface area contributed by atoms with Gasteiger partial charge in [0.05, 0.1) is 9.90 Å². The minimum Gasteiger partial charge on any atom is -0.383 e. The number of hydrogen-bond acceptors (Lipinski definition) is 2. The van der Waals surface area contributed by atoms with E-state index >= 15 is 0 Å². The van der Waals surface area contributed by atoms with Crippen molar-refractivity contribution in [1.29, 1.82) is 0 Å². The Labute approximate surface area is 116 Å². The van der Waals surface area contributed by atoms with Crippen LogP contribution in [-0.2, 0) is 0 Å². The Bertz CT molecular complexity index is 555. The van der Waals surface area contributed by atoms with Crippen molar-refractivity contribution >= 4 is 38.9 Å². The van der Waals surface area contributed by atoms with Crippen LogP contribution in [0.3, 0.4) is 0 Å². The first-order chi connectivity index (χ1) is 8.00. The molecule has 1 N–H and O–H groups in total. The van der Waals surface area contributed by atoms with Crippen molar-refractivity contribution in [2.75, 3.05) is 0 Å². The van der Waals surface area contributed by atoms with E-state index in [1.807, 2.05) is 13.0 Å². The van der Waals surface area contributed by atoms with Crippen molar-refractivity contribution in [2.24, 2.45) is 0 Å². The predicted octanol–water partition coefficient (Wildman–Crippen LogP) is 4.69. The van der Waals surface area contributed by atoms with E-state index in [1.165, 1.54) is 23.5 Å². The van der Waals surface area contributed by atoms with E-state index in [4.69, 9.17) is 11.6 Å². The number of thiophene rings is 1. The molecule has 0 amide bonds. The van der Waals surface area contributed by atoms with Gasteiger partial charge in [-0.3, -0.25) is 0 Å². The molecule has 17 heavy (non-hydrogen) atoms. The molecule has 0 aliphatic heterocycles. The molecule has 2 rings (SSSR count). The van der Waals surface area contributed by atoms with E-state index in [0.717, 1.165) is 14.2 Å². The third-order valence-corrected chi connectivity index (χ3v) is 4.78. The zero-order valence-electron chi connectivity index (χ0n) is 8.88. The summed E-state index contributed by atoms with van der Waals surface area (Å²) in [5.41, 5.74) is 0.384. The minimum atomic E-state index is -0.911. The van der Waals surface area contributed by atoms with E-state index in [0.29, 0.717) is 5.56 Å². The Morgan fingerprint density at radius 2 is 2.18 bits per heavy atom. The molecule has 0 saturated heterocycles. The summed E-state index contributed by atoms with van der Waals surface area (Å²) in [7, 11) is 0. The molecule has 1 unspecified atom stereocenters. The number of rotatable bonds is 2. The monoisotopic (exact) mass is 334 g/mol. The third kappa shape index (κ3) is 2.55. The lowest BCUT2D eigenvalue weighted by molar-refractivity contribution is 0.223. The standard InChI is InChI=1S/C12H9BrClFOS/c1-6-5-8(13)12(17-6)11(16)7-3-2-4-9(15)10(7)14/h2-5,11,16H,1H3. The molecule has 5 heteroatoms. The molecule has 1 heterocycles. The zero-order chi connectivity index (χ0) is 12.6. The fourth-order valence-electron chi connectivity index (χ4n) is 1.56. The summed E-state index contributed by atoms with van der Waals surface area (Å²) in [6, 6.07) is 6.34. The van der Waals surface area contributed by atoms with Crippen molar-refractivity contribution in [2.45, 2.75) is 13.0 Å². The largest absolute Gasteiger partial charge is 0.383 e. The summed E-state index contributed by atoms with van der Waals surface area (Å²) >= 11 is 10.7. The lowest BCUT2D eigenvalue weighted by Crippen LogP contribution is -2.00. The van der Waals surface area contributed by atoms with Gasteiger partial charge in [-0.25, -0.2) is 4.39 Å². The first-order valence-corrected chi connectivity index (χ1v) is 6.87. The number of aryl methyl sites for hydroxylation is 1. The van der Waals surface area contributed by atoms with Crippen LogP contribution >= 0.6 is 38.9 Å². The molecule has 90 valence electrons. The normalized spacial score (nSPS) is 12.8. The Balaban J connectivity index is 2.47. The second kappa shape index (κ2) is 5.06. The highest BCUT2D eigenvalue weighted by Crippen LogP contribution is 2.38. The Morgan fingerprint density at radius 3 is 2.76 bits per heavy atom. The second-order valence-corrected chi connectivity index (χ2v) is 6.14. The first-order valence-electron chi connectivity index (χ1n) is 4.88. The molecule has 0 aliphatic carbocycles.